The Kier molecular flexibility index (Phi) is 3.39. The monoisotopic (exact) mass is 330 g/mol. The number of benzene rings is 1. The molecule has 24 heavy (non-hydrogen) atoms. The summed E-state index contributed by atoms with van der Waals surface area (Å²) in [6, 6.07) is 7.72. The largest absolute Gasteiger partial charge is 0.508 e. The van der Waals surface area contributed by atoms with Crippen LogP contribution in [0.25, 0.3) is 0 Å². The molecule has 4 aliphatic rings. The van der Waals surface area contributed by atoms with E-state index in [1.807, 2.05) is 0 Å². The van der Waals surface area contributed by atoms with Crippen molar-refractivity contribution in [2.24, 2.45) is 22.7 Å². The van der Waals surface area contributed by atoms with Crippen molar-refractivity contribution < 1.29 is 19.7 Å². The highest BCUT2D eigenvalue weighted by molar-refractivity contribution is 5.92. The summed E-state index contributed by atoms with van der Waals surface area (Å²) >= 11 is 0. The number of piperidine rings is 2. The Balaban J connectivity index is 1.78. The standard InChI is InChI=1S/C20H28N2O2/c1-13(2)19-9-21-11-20(14(3)4,18(19)24)12-22(10-19)17(21)15-5-7-16(23)8-6-15/h5-8,13-14,17,23H,9-12H2,1-4H3/p+2. The molecule has 4 nitrogen and oxygen atoms in total. The third-order valence-corrected chi connectivity index (χ3v) is 7.33. The lowest BCUT2D eigenvalue weighted by Gasteiger charge is -2.62. The number of ketones is 1. The van der Waals surface area contributed by atoms with Gasteiger partial charge in [-0.3, -0.25) is 14.6 Å². The predicted octanol–water partition coefficient (Wildman–Crippen LogP) is 0.0553. The second kappa shape index (κ2) is 5.06. The molecule has 0 aromatic heterocycles. The molecular weight excluding hydrogens is 300 g/mol. The summed E-state index contributed by atoms with van der Waals surface area (Å²) in [5.41, 5.74) is 0.986. The van der Waals surface area contributed by atoms with Gasteiger partial charge in [0.1, 0.15) is 42.8 Å². The summed E-state index contributed by atoms with van der Waals surface area (Å²) in [5.74, 6) is 1.67. The first-order valence-electron chi connectivity index (χ1n) is 9.33. The Labute approximate surface area is 144 Å². The van der Waals surface area contributed by atoms with Crippen LogP contribution in [-0.2, 0) is 4.79 Å². The number of nitrogens with one attached hydrogen (secondary N) is 2. The number of rotatable bonds is 3. The van der Waals surface area contributed by atoms with Crippen LogP contribution in [-0.4, -0.2) is 37.1 Å². The Morgan fingerprint density at radius 3 is 1.71 bits per heavy atom. The van der Waals surface area contributed by atoms with E-state index in [-0.39, 0.29) is 10.8 Å². The maximum Gasteiger partial charge on any atom is 0.240 e. The molecule has 0 amide bonds. The highest BCUT2D eigenvalue weighted by Crippen LogP contribution is 2.44. The normalized spacial score (nSPS) is 40.8. The number of aromatic hydroxyl groups is 1. The van der Waals surface area contributed by atoms with Crippen molar-refractivity contribution in [3.05, 3.63) is 29.8 Å². The summed E-state index contributed by atoms with van der Waals surface area (Å²) in [4.78, 5) is 16.7. The van der Waals surface area contributed by atoms with Gasteiger partial charge in [-0.25, -0.2) is 0 Å². The zero-order valence-corrected chi connectivity index (χ0v) is 15.2. The quantitative estimate of drug-likeness (QED) is 0.734. The van der Waals surface area contributed by atoms with Crippen LogP contribution >= 0.6 is 0 Å². The lowest BCUT2D eigenvalue weighted by atomic mass is 9.53. The van der Waals surface area contributed by atoms with Gasteiger partial charge in [0.15, 0.2) is 5.78 Å². The average molecular weight is 330 g/mol. The highest BCUT2D eigenvalue weighted by atomic mass is 16.3. The van der Waals surface area contributed by atoms with Crippen molar-refractivity contribution in [3.63, 3.8) is 0 Å². The topological polar surface area (TPSA) is 46.2 Å². The van der Waals surface area contributed by atoms with Gasteiger partial charge in [-0.05, 0) is 36.1 Å². The van der Waals surface area contributed by atoms with Gasteiger partial charge in [-0.15, -0.1) is 0 Å². The van der Waals surface area contributed by atoms with E-state index in [4.69, 9.17) is 0 Å². The fourth-order valence-electron chi connectivity index (χ4n) is 5.86. The lowest BCUT2D eigenvalue weighted by molar-refractivity contribution is -1.18. The molecule has 1 aromatic rings. The zero-order chi connectivity index (χ0) is 17.3. The Morgan fingerprint density at radius 1 is 0.917 bits per heavy atom. The van der Waals surface area contributed by atoms with Crippen molar-refractivity contribution in [2.75, 3.05) is 26.2 Å². The molecule has 0 spiro atoms. The Hall–Kier alpha value is -1.39. The van der Waals surface area contributed by atoms with Gasteiger partial charge in [-0.1, -0.05) is 27.7 Å². The van der Waals surface area contributed by atoms with Crippen molar-refractivity contribution in [1.82, 2.24) is 0 Å². The molecule has 0 unspecified atom stereocenters. The first-order valence-corrected chi connectivity index (χ1v) is 9.33. The van der Waals surface area contributed by atoms with Crippen LogP contribution in [0.5, 0.6) is 5.75 Å². The molecule has 4 bridgehead atoms. The SMILES string of the molecule is CC(C)C12C[NH+]3CC(C(C)C)(C[NH+](C1)C3c1ccc(O)cc1)C2=O. The van der Waals surface area contributed by atoms with Crippen molar-refractivity contribution in [2.45, 2.75) is 33.9 Å². The second-order valence-electron chi connectivity index (χ2n) is 9.00. The van der Waals surface area contributed by atoms with E-state index in [9.17, 15) is 9.90 Å². The number of Topliss-reactive ketones (excluding diaryl/α,β-unsaturated/α-hetero) is 1. The van der Waals surface area contributed by atoms with E-state index < -0.39 is 0 Å². The molecule has 4 heterocycles. The van der Waals surface area contributed by atoms with E-state index >= 15 is 0 Å². The smallest absolute Gasteiger partial charge is 0.240 e. The van der Waals surface area contributed by atoms with E-state index in [0.717, 1.165) is 26.2 Å². The number of carbonyl (C=O) groups is 1. The van der Waals surface area contributed by atoms with Crippen LogP contribution in [0, 0.1) is 22.7 Å². The summed E-state index contributed by atoms with van der Waals surface area (Å²) in [6.45, 7) is 12.8. The van der Waals surface area contributed by atoms with Gasteiger partial charge < -0.3 is 5.11 Å². The predicted molar refractivity (Wildman–Crippen MR) is 91.8 cm³/mol. The number of hydrogen-bond acceptors (Lipinski definition) is 2. The van der Waals surface area contributed by atoms with Crippen LogP contribution < -0.4 is 9.80 Å². The Morgan fingerprint density at radius 2 is 1.33 bits per heavy atom. The van der Waals surface area contributed by atoms with Crippen molar-refractivity contribution >= 4 is 5.78 Å². The van der Waals surface area contributed by atoms with E-state index in [0.29, 0.717) is 29.5 Å². The number of hydrogen-bond donors (Lipinski definition) is 3. The first kappa shape index (κ1) is 16.1. The highest BCUT2D eigenvalue weighted by Gasteiger charge is 2.72. The molecular formula is C20H30N2O2+2. The van der Waals surface area contributed by atoms with Gasteiger partial charge in [0.25, 0.3) is 0 Å². The van der Waals surface area contributed by atoms with E-state index in [1.165, 1.54) is 5.56 Å². The van der Waals surface area contributed by atoms with Gasteiger partial charge in [-0.2, -0.15) is 0 Å². The van der Waals surface area contributed by atoms with Gasteiger partial charge in [0, 0.05) is 0 Å². The molecule has 1 aromatic carbocycles. The summed E-state index contributed by atoms with van der Waals surface area (Å²) in [6.07, 6.45) is 0.400. The number of phenols is 1. The minimum atomic E-state index is -0.154. The van der Waals surface area contributed by atoms with Gasteiger partial charge >= 0.3 is 0 Å². The number of phenolic OH excluding ortho intramolecular Hbond substituents is 1. The van der Waals surface area contributed by atoms with Crippen molar-refractivity contribution in [3.8, 4) is 5.75 Å². The molecule has 0 atom stereocenters. The molecule has 5 rings (SSSR count). The molecule has 0 aliphatic carbocycles. The molecule has 4 heteroatoms. The minimum absolute atomic E-state index is 0.154. The molecule has 4 aliphatic heterocycles. The van der Waals surface area contributed by atoms with Crippen molar-refractivity contribution in [1.29, 1.82) is 0 Å². The third kappa shape index (κ3) is 1.90. The Bertz CT molecular complexity index is 619. The average Bonchev–Trinajstić information content (AvgIpc) is 2.52. The third-order valence-electron chi connectivity index (χ3n) is 7.33. The summed E-state index contributed by atoms with van der Waals surface area (Å²) in [7, 11) is 0. The summed E-state index contributed by atoms with van der Waals surface area (Å²) in [5, 5.41) is 9.61. The maximum absolute atomic E-state index is 13.5. The van der Waals surface area contributed by atoms with Crippen LogP contribution in [0.4, 0.5) is 0 Å². The van der Waals surface area contributed by atoms with E-state index in [2.05, 4.69) is 39.8 Å². The van der Waals surface area contributed by atoms with Crippen LogP contribution in [0.15, 0.2) is 24.3 Å². The fourth-order valence-corrected chi connectivity index (χ4v) is 5.86. The number of quaternary nitrogens is 2. The van der Waals surface area contributed by atoms with Gasteiger partial charge in [0.05, 0.1) is 5.56 Å². The van der Waals surface area contributed by atoms with Gasteiger partial charge in [0.2, 0.25) is 6.17 Å². The van der Waals surface area contributed by atoms with Crippen LogP contribution in [0.3, 0.4) is 0 Å². The molecule has 4 fully saturated rings. The fraction of sp³-hybridized carbons (Fsp3) is 0.650. The molecule has 130 valence electrons. The van der Waals surface area contributed by atoms with E-state index in [1.54, 1.807) is 21.9 Å². The number of carbonyl (C=O) groups excluding carboxylic acids is 1. The second-order valence-corrected chi connectivity index (χ2v) is 9.00. The minimum Gasteiger partial charge on any atom is -0.508 e. The molecule has 0 saturated carbocycles. The molecule has 3 N–H and O–H groups in total. The first-order chi connectivity index (χ1) is 11.3. The van der Waals surface area contributed by atoms with Crippen LogP contribution in [0.1, 0.15) is 39.4 Å². The lowest BCUT2D eigenvalue weighted by Crippen LogP contribution is -3.41. The molecule has 0 radical (unpaired) electrons. The van der Waals surface area contributed by atoms with Crippen LogP contribution in [0.2, 0.25) is 0 Å². The summed E-state index contributed by atoms with van der Waals surface area (Å²) < 4.78 is 0. The molecule has 4 saturated heterocycles. The zero-order valence-electron chi connectivity index (χ0n) is 15.2. The maximum atomic E-state index is 13.5.